The van der Waals surface area contributed by atoms with Crippen LogP contribution in [-0.4, -0.2) is 10.2 Å². The Labute approximate surface area is 113 Å². The Morgan fingerprint density at radius 1 is 1.41 bits per heavy atom. The van der Waals surface area contributed by atoms with E-state index in [-0.39, 0.29) is 0 Å². The quantitative estimate of drug-likeness (QED) is 0.904. The minimum absolute atomic E-state index is 0.342. The molecule has 0 bridgehead atoms. The van der Waals surface area contributed by atoms with Gasteiger partial charge in [0.1, 0.15) is 5.01 Å². The molecule has 1 unspecified atom stereocenters. The van der Waals surface area contributed by atoms with Crippen LogP contribution in [0.15, 0.2) is 6.07 Å². The van der Waals surface area contributed by atoms with Crippen molar-refractivity contribution in [3.8, 4) is 0 Å². The number of anilines is 1. The Morgan fingerprint density at radius 3 is 3.06 bits per heavy atom. The van der Waals surface area contributed by atoms with Crippen molar-refractivity contribution < 1.29 is 0 Å². The molecule has 1 aliphatic rings. The van der Waals surface area contributed by atoms with Gasteiger partial charge < -0.3 is 5.32 Å². The summed E-state index contributed by atoms with van der Waals surface area (Å²) in [5.74, 6) is 0. The fraction of sp³-hybridized carbons (Fsp3) is 0.455. The van der Waals surface area contributed by atoms with Crippen LogP contribution < -0.4 is 5.32 Å². The van der Waals surface area contributed by atoms with Crippen molar-refractivity contribution in [2.24, 2.45) is 0 Å². The first-order valence-electron chi connectivity index (χ1n) is 5.57. The van der Waals surface area contributed by atoms with E-state index < -0.39 is 0 Å². The highest BCUT2D eigenvalue weighted by Gasteiger charge is 2.23. The third kappa shape index (κ3) is 2.32. The summed E-state index contributed by atoms with van der Waals surface area (Å²) in [6, 6.07) is 2.43. The van der Waals surface area contributed by atoms with Crippen LogP contribution in [0, 0.1) is 6.92 Å². The predicted octanol–water partition coefficient (Wildman–Crippen LogP) is 4.05. The summed E-state index contributed by atoms with van der Waals surface area (Å²) >= 11 is 9.39. The smallest absolute Gasteiger partial charge is 0.206 e. The molecule has 0 fully saturated rings. The Hall–Kier alpha value is -0.650. The van der Waals surface area contributed by atoms with Crippen LogP contribution in [0.2, 0.25) is 4.34 Å². The SMILES string of the molecule is Cc1nnc(NC2CCCc3sc(Cl)cc32)s1. The van der Waals surface area contributed by atoms with Gasteiger partial charge >= 0.3 is 0 Å². The molecule has 1 aliphatic carbocycles. The van der Waals surface area contributed by atoms with E-state index in [1.165, 1.54) is 16.9 Å². The lowest BCUT2D eigenvalue weighted by molar-refractivity contribution is 0.608. The highest BCUT2D eigenvalue weighted by atomic mass is 35.5. The van der Waals surface area contributed by atoms with E-state index in [1.807, 2.05) is 6.92 Å². The van der Waals surface area contributed by atoms with Crippen molar-refractivity contribution in [1.82, 2.24) is 10.2 Å². The summed E-state index contributed by atoms with van der Waals surface area (Å²) in [6.07, 6.45) is 3.50. The normalized spacial score (nSPS) is 19.1. The minimum atomic E-state index is 0.342. The molecule has 2 aromatic rings. The van der Waals surface area contributed by atoms with E-state index in [4.69, 9.17) is 11.6 Å². The van der Waals surface area contributed by atoms with E-state index >= 15 is 0 Å². The second-order valence-electron chi connectivity index (χ2n) is 4.14. The second-order valence-corrected chi connectivity index (χ2v) is 7.09. The molecule has 1 N–H and O–H groups in total. The third-order valence-corrected chi connectivity index (χ3v) is 5.02. The fourth-order valence-corrected chi connectivity index (χ4v) is 4.20. The molecule has 0 spiro atoms. The van der Waals surface area contributed by atoms with E-state index in [0.717, 1.165) is 27.3 Å². The molecule has 3 rings (SSSR count). The number of fused-ring (bicyclic) bond motifs is 1. The summed E-state index contributed by atoms with van der Waals surface area (Å²) in [4.78, 5) is 1.42. The summed E-state index contributed by atoms with van der Waals surface area (Å²) in [5.41, 5.74) is 1.35. The number of aromatic nitrogens is 2. The van der Waals surface area contributed by atoms with E-state index in [1.54, 1.807) is 22.7 Å². The van der Waals surface area contributed by atoms with Crippen molar-refractivity contribution >= 4 is 39.4 Å². The minimum Gasteiger partial charge on any atom is -0.353 e. The zero-order valence-electron chi connectivity index (χ0n) is 9.36. The van der Waals surface area contributed by atoms with Gasteiger partial charge in [0, 0.05) is 4.88 Å². The summed E-state index contributed by atoms with van der Waals surface area (Å²) in [5, 5.41) is 13.5. The Kier molecular flexibility index (Phi) is 3.06. The van der Waals surface area contributed by atoms with Gasteiger partial charge in [0.2, 0.25) is 5.13 Å². The van der Waals surface area contributed by atoms with Crippen LogP contribution in [-0.2, 0) is 6.42 Å². The van der Waals surface area contributed by atoms with Crippen molar-refractivity contribution in [2.75, 3.05) is 5.32 Å². The number of halogens is 1. The van der Waals surface area contributed by atoms with Crippen LogP contribution in [0.1, 0.15) is 34.3 Å². The van der Waals surface area contributed by atoms with Crippen molar-refractivity contribution in [3.63, 3.8) is 0 Å². The standard InChI is InChI=1S/C11H12ClN3S2/c1-6-14-15-11(16-6)13-8-3-2-4-9-7(8)5-10(12)17-9/h5,8H,2-4H2,1H3,(H,13,15). The highest BCUT2D eigenvalue weighted by molar-refractivity contribution is 7.16. The first-order valence-corrected chi connectivity index (χ1v) is 7.58. The van der Waals surface area contributed by atoms with Gasteiger partial charge in [-0.1, -0.05) is 22.9 Å². The topological polar surface area (TPSA) is 37.8 Å². The zero-order chi connectivity index (χ0) is 11.8. The van der Waals surface area contributed by atoms with Crippen molar-refractivity contribution in [2.45, 2.75) is 32.2 Å². The molecule has 0 amide bonds. The van der Waals surface area contributed by atoms with Crippen LogP contribution in [0.5, 0.6) is 0 Å². The number of nitrogens with zero attached hydrogens (tertiary/aromatic N) is 2. The molecule has 3 nitrogen and oxygen atoms in total. The first kappa shape index (κ1) is 11.4. The first-order chi connectivity index (χ1) is 8.22. The molecule has 0 aliphatic heterocycles. The lowest BCUT2D eigenvalue weighted by atomic mass is 9.94. The maximum atomic E-state index is 6.09. The molecule has 2 aromatic heterocycles. The van der Waals surface area contributed by atoms with Crippen molar-refractivity contribution in [3.05, 3.63) is 25.9 Å². The average Bonchev–Trinajstić information content (AvgIpc) is 2.84. The molecule has 0 radical (unpaired) electrons. The summed E-state index contributed by atoms with van der Waals surface area (Å²) in [7, 11) is 0. The molecule has 2 heterocycles. The van der Waals surface area contributed by atoms with Crippen LogP contribution in [0.4, 0.5) is 5.13 Å². The number of hydrogen-bond donors (Lipinski definition) is 1. The molecule has 90 valence electrons. The van der Waals surface area contributed by atoms with E-state index in [0.29, 0.717) is 6.04 Å². The zero-order valence-corrected chi connectivity index (χ0v) is 11.8. The predicted molar refractivity (Wildman–Crippen MR) is 73.3 cm³/mol. The van der Waals surface area contributed by atoms with Gasteiger partial charge in [-0.05, 0) is 37.8 Å². The molecule has 6 heteroatoms. The van der Waals surface area contributed by atoms with Crippen LogP contribution in [0.3, 0.4) is 0 Å². The number of thiophene rings is 1. The maximum absolute atomic E-state index is 6.09. The lowest BCUT2D eigenvalue weighted by Crippen LogP contribution is -2.15. The summed E-state index contributed by atoms with van der Waals surface area (Å²) in [6.45, 7) is 1.97. The number of hydrogen-bond acceptors (Lipinski definition) is 5. The van der Waals surface area contributed by atoms with Gasteiger partial charge in [-0.3, -0.25) is 0 Å². The Balaban J connectivity index is 1.85. The average molecular weight is 286 g/mol. The Morgan fingerprint density at radius 2 is 2.29 bits per heavy atom. The Bertz CT molecular complexity index is 535. The monoisotopic (exact) mass is 285 g/mol. The van der Waals surface area contributed by atoms with Gasteiger partial charge in [-0.25, -0.2) is 0 Å². The van der Waals surface area contributed by atoms with Gasteiger partial charge in [-0.15, -0.1) is 21.5 Å². The van der Waals surface area contributed by atoms with Gasteiger partial charge in [0.15, 0.2) is 0 Å². The number of aryl methyl sites for hydroxylation is 2. The second kappa shape index (κ2) is 4.55. The highest BCUT2D eigenvalue weighted by Crippen LogP contribution is 2.39. The molecule has 0 saturated heterocycles. The van der Waals surface area contributed by atoms with Crippen LogP contribution >= 0.6 is 34.3 Å². The van der Waals surface area contributed by atoms with Gasteiger partial charge in [0.25, 0.3) is 0 Å². The fourth-order valence-electron chi connectivity index (χ4n) is 2.18. The molecule has 0 aromatic carbocycles. The van der Waals surface area contributed by atoms with Crippen molar-refractivity contribution in [1.29, 1.82) is 0 Å². The summed E-state index contributed by atoms with van der Waals surface area (Å²) < 4.78 is 0.886. The number of nitrogens with one attached hydrogen (secondary N) is 1. The maximum Gasteiger partial charge on any atom is 0.206 e. The molecule has 0 saturated carbocycles. The van der Waals surface area contributed by atoms with E-state index in [9.17, 15) is 0 Å². The largest absolute Gasteiger partial charge is 0.353 e. The molecular formula is C11H12ClN3S2. The molecule has 1 atom stereocenters. The third-order valence-electron chi connectivity index (χ3n) is 2.91. The van der Waals surface area contributed by atoms with Crippen LogP contribution in [0.25, 0.3) is 0 Å². The molecule has 17 heavy (non-hydrogen) atoms. The molecular weight excluding hydrogens is 274 g/mol. The van der Waals surface area contributed by atoms with E-state index in [2.05, 4.69) is 21.6 Å². The lowest BCUT2D eigenvalue weighted by Gasteiger charge is -2.22. The van der Waals surface area contributed by atoms with Gasteiger partial charge in [-0.2, -0.15) is 0 Å². The van der Waals surface area contributed by atoms with Gasteiger partial charge in [0.05, 0.1) is 10.4 Å². The number of rotatable bonds is 2.